The van der Waals surface area contributed by atoms with Crippen molar-refractivity contribution in [3.63, 3.8) is 0 Å². The summed E-state index contributed by atoms with van der Waals surface area (Å²) in [4.78, 5) is 4.23. The van der Waals surface area contributed by atoms with Crippen LogP contribution < -0.4 is 0 Å². The standard InChI is InChI=1S/C15H27N3O2/c1-11(2)9-18-14(16-10-17-18)8-13(19)15(20)6-4-12(3)5-7-15/h10-13,19-20H,4-9H2,1-3H3. The summed E-state index contributed by atoms with van der Waals surface area (Å²) in [5, 5.41) is 25.2. The highest BCUT2D eigenvalue weighted by Gasteiger charge is 2.39. The maximum absolute atomic E-state index is 10.6. The minimum atomic E-state index is -0.957. The number of nitrogens with zero attached hydrogens (tertiary/aromatic N) is 3. The smallest absolute Gasteiger partial charge is 0.138 e. The lowest BCUT2D eigenvalue weighted by Crippen LogP contribution is -2.46. The van der Waals surface area contributed by atoms with Crippen molar-refractivity contribution in [2.75, 3.05) is 0 Å². The van der Waals surface area contributed by atoms with Crippen molar-refractivity contribution in [2.45, 2.75) is 71.1 Å². The van der Waals surface area contributed by atoms with E-state index in [1.165, 1.54) is 6.33 Å². The molecule has 1 aromatic rings. The molecule has 114 valence electrons. The van der Waals surface area contributed by atoms with Crippen LogP contribution in [-0.2, 0) is 13.0 Å². The summed E-state index contributed by atoms with van der Waals surface area (Å²) in [5.74, 6) is 1.89. The van der Waals surface area contributed by atoms with E-state index in [0.29, 0.717) is 31.1 Å². The molecule has 20 heavy (non-hydrogen) atoms. The van der Waals surface area contributed by atoms with Gasteiger partial charge in [0.2, 0.25) is 0 Å². The number of hydrogen-bond donors (Lipinski definition) is 2. The van der Waals surface area contributed by atoms with Gasteiger partial charge in [0.25, 0.3) is 0 Å². The van der Waals surface area contributed by atoms with Gasteiger partial charge in [-0.2, -0.15) is 5.10 Å². The van der Waals surface area contributed by atoms with Crippen molar-refractivity contribution in [1.82, 2.24) is 14.8 Å². The van der Waals surface area contributed by atoms with Gasteiger partial charge >= 0.3 is 0 Å². The zero-order chi connectivity index (χ0) is 14.8. The van der Waals surface area contributed by atoms with Gasteiger partial charge in [-0.15, -0.1) is 0 Å². The molecule has 0 bridgehead atoms. The van der Waals surface area contributed by atoms with E-state index in [9.17, 15) is 10.2 Å². The van der Waals surface area contributed by atoms with Crippen molar-refractivity contribution in [3.05, 3.63) is 12.2 Å². The van der Waals surface area contributed by atoms with Crippen LogP contribution in [0.5, 0.6) is 0 Å². The minimum Gasteiger partial charge on any atom is -0.390 e. The van der Waals surface area contributed by atoms with E-state index in [1.807, 2.05) is 4.68 Å². The van der Waals surface area contributed by atoms with Gasteiger partial charge < -0.3 is 10.2 Å². The van der Waals surface area contributed by atoms with Crippen molar-refractivity contribution < 1.29 is 10.2 Å². The Hall–Kier alpha value is -0.940. The van der Waals surface area contributed by atoms with Crippen LogP contribution in [-0.4, -0.2) is 36.7 Å². The van der Waals surface area contributed by atoms with E-state index < -0.39 is 11.7 Å². The van der Waals surface area contributed by atoms with Crippen LogP contribution in [0.3, 0.4) is 0 Å². The molecule has 5 heteroatoms. The summed E-state index contributed by atoms with van der Waals surface area (Å²) in [6.45, 7) is 7.23. The van der Waals surface area contributed by atoms with E-state index in [-0.39, 0.29) is 0 Å². The Bertz CT molecular complexity index is 423. The van der Waals surface area contributed by atoms with Gasteiger partial charge in [-0.1, -0.05) is 20.8 Å². The van der Waals surface area contributed by atoms with Gasteiger partial charge in [0.05, 0.1) is 11.7 Å². The summed E-state index contributed by atoms with van der Waals surface area (Å²) >= 11 is 0. The molecule has 1 aliphatic rings. The number of aliphatic hydroxyl groups excluding tert-OH is 1. The molecule has 1 aliphatic carbocycles. The zero-order valence-corrected chi connectivity index (χ0v) is 12.8. The van der Waals surface area contributed by atoms with Crippen molar-refractivity contribution in [3.8, 4) is 0 Å². The molecule has 0 saturated heterocycles. The van der Waals surface area contributed by atoms with Crippen molar-refractivity contribution in [2.24, 2.45) is 11.8 Å². The van der Waals surface area contributed by atoms with Gasteiger partial charge in [-0.05, 0) is 37.5 Å². The average Bonchev–Trinajstić information content (AvgIpc) is 2.80. The molecule has 0 amide bonds. The van der Waals surface area contributed by atoms with E-state index in [1.54, 1.807) is 0 Å². The second-order valence-corrected chi connectivity index (χ2v) is 6.76. The van der Waals surface area contributed by atoms with Gasteiger partial charge in [0, 0.05) is 13.0 Å². The predicted octanol–water partition coefficient (Wildman–Crippen LogP) is 1.78. The lowest BCUT2D eigenvalue weighted by Gasteiger charge is -2.38. The van der Waals surface area contributed by atoms with E-state index in [2.05, 4.69) is 30.9 Å². The van der Waals surface area contributed by atoms with Crippen molar-refractivity contribution >= 4 is 0 Å². The summed E-state index contributed by atoms with van der Waals surface area (Å²) in [6.07, 6.45) is 4.44. The lowest BCUT2D eigenvalue weighted by molar-refractivity contribution is -0.103. The molecular weight excluding hydrogens is 254 g/mol. The maximum Gasteiger partial charge on any atom is 0.138 e. The fourth-order valence-corrected chi connectivity index (χ4v) is 2.90. The highest BCUT2D eigenvalue weighted by atomic mass is 16.3. The van der Waals surface area contributed by atoms with Gasteiger partial charge in [0.1, 0.15) is 12.2 Å². The monoisotopic (exact) mass is 281 g/mol. The first-order valence-electron chi connectivity index (χ1n) is 7.68. The second-order valence-electron chi connectivity index (χ2n) is 6.76. The molecule has 0 aromatic carbocycles. The topological polar surface area (TPSA) is 71.2 Å². The minimum absolute atomic E-state index is 0.373. The second kappa shape index (κ2) is 6.22. The van der Waals surface area contributed by atoms with E-state index >= 15 is 0 Å². The van der Waals surface area contributed by atoms with Crippen LogP contribution in [0.15, 0.2) is 6.33 Å². The quantitative estimate of drug-likeness (QED) is 0.863. The number of rotatable bonds is 5. The highest BCUT2D eigenvalue weighted by molar-refractivity contribution is 4.97. The first-order chi connectivity index (χ1) is 9.40. The van der Waals surface area contributed by atoms with Gasteiger partial charge in [0.15, 0.2) is 0 Å². The van der Waals surface area contributed by atoms with Crippen LogP contribution in [0.1, 0.15) is 52.3 Å². The fraction of sp³-hybridized carbons (Fsp3) is 0.867. The molecule has 1 saturated carbocycles. The molecule has 0 spiro atoms. The first kappa shape index (κ1) is 15.4. The fourth-order valence-electron chi connectivity index (χ4n) is 2.90. The molecule has 1 atom stereocenters. The molecule has 1 fully saturated rings. The maximum atomic E-state index is 10.6. The molecule has 1 heterocycles. The predicted molar refractivity (Wildman–Crippen MR) is 77.2 cm³/mol. The average molecular weight is 281 g/mol. The molecule has 0 aliphatic heterocycles. The molecule has 2 rings (SSSR count). The Morgan fingerprint density at radius 2 is 2.05 bits per heavy atom. The van der Waals surface area contributed by atoms with Crippen LogP contribution >= 0.6 is 0 Å². The highest BCUT2D eigenvalue weighted by Crippen LogP contribution is 2.35. The number of hydrogen-bond acceptors (Lipinski definition) is 4. The lowest BCUT2D eigenvalue weighted by atomic mass is 9.76. The van der Waals surface area contributed by atoms with Crippen molar-refractivity contribution in [1.29, 1.82) is 0 Å². The van der Waals surface area contributed by atoms with Gasteiger partial charge in [-0.25, -0.2) is 9.67 Å². The largest absolute Gasteiger partial charge is 0.390 e. The third-order valence-corrected chi connectivity index (χ3v) is 4.37. The third-order valence-electron chi connectivity index (χ3n) is 4.37. The van der Waals surface area contributed by atoms with Gasteiger partial charge in [-0.3, -0.25) is 0 Å². The third kappa shape index (κ3) is 3.58. The van der Waals surface area contributed by atoms with E-state index in [4.69, 9.17) is 0 Å². The van der Waals surface area contributed by atoms with Crippen LogP contribution in [0.25, 0.3) is 0 Å². The molecule has 1 aromatic heterocycles. The molecule has 5 nitrogen and oxygen atoms in total. The Morgan fingerprint density at radius 1 is 1.40 bits per heavy atom. The Kier molecular flexibility index (Phi) is 4.81. The molecule has 1 unspecified atom stereocenters. The molecule has 2 N–H and O–H groups in total. The molecule has 0 radical (unpaired) electrons. The zero-order valence-electron chi connectivity index (χ0n) is 12.8. The molecular formula is C15H27N3O2. The SMILES string of the molecule is CC(C)Cn1ncnc1CC(O)C1(O)CCC(C)CC1. The first-order valence-corrected chi connectivity index (χ1v) is 7.68. The Labute approximate surface area is 121 Å². The van der Waals surface area contributed by atoms with Crippen LogP contribution in [0.2, 0.25) is 0 Å². The number of aromatic nitrogens is 3. The summed E-state index contributed by atoms with van der Waals surface area (Å²) < 4.78 is 1.84. The normalized spacial score (nSPS) is 28.8. The van der Waals surface area contributed by atoms with Crippen LogP contribution in [0, 0.1) is 11.8 Å². The summed E-state index contributed by atoms with van der Waals surface area (Å²) in [6, 6.07) is 0. The summed E-state index contributed by atoms with van der Waals surface area (Å²) in [5.41, 5.74) is -0.957. The Morgan fingerprint density at radius 3 is 2.65 bits per heavy atom. The summed E-state index contributed by atoms with van der Waals surface area (Å²) in [7, 11) is 0. The van der Waals surface area contributed by atoms with Crippen LogP contribution in [0.4, 0.5) is 0 Å². The Balaban J connectivity index is 2.00. The van der Waals surface area contributed by atoms with E-state index in [0.717, 1.165) is 25.2 Å². The number of aliphatic hydroxyl groups is 2.